The lowest BCUT2D eigenvalue weighted by Crippen LogP contribution is -2.41. The van der Waals surface area contributed by atoms with Crippen LogP contribution in [-0.2, 0) is 19.6 Å². The highest BCUT2D eigenvalue weighted by Crippen LogP contribution is 2.21. The molecular formula is C23H26N4O5S. The average Bonchev–Trinajstić information content (AvgIpc) is 2.82. The van der Waals surface area contributed by atoms with E-state index in [2.05, 4.69) is 16.2 Å². The maximum absolute atomic E-state index is 12.8. The fourth-order valence-electron chi connectivity index (χ4n) is 3.34. The summed E-state index contributed by atoms with van der Waals surface area (Å²) in [7, 11) is -3.67. The van der Waals surface area contributed by atoms with E-state index in [0.29, 0.717) is 18.8 Å². The lowest BCUT2D eigenvalue weighted by Gasteiger charge is -2.26. The number of nitrogens with zero attached hydrogens (tertiary/aromatic N) is 1. The van der Waals surface area contributed by atoms with Gasteiger partial charge in [-0.15, -0.1) is 0 Å². The van der Waals surface area contributed by atoms with Crippen LogP contribution in [0.3, 0.4) is 0 Å². The van der Waals surface area contributed by atoms with Crippen LogP contribution >= 0.6 is 0 Å². The second-order valence-electron chi connectivity index (χ2n) is 7.57. The van der Waals surface area contributed by atoms with Crippen molar-refractivity contribution in [1.29, 1.82) is 0 Å². The first-order valence-electron chi connectivity index (χ1n) is 10.5. The number of sulfonamides is 1. The van der Waals surface area contributed by atoms with Gasteiger partial charge in [-0.05, 0) is 54.8 Å². The number of hydrogen-bond acceptors (Lipinski definition) is 5. The average molecular weight is 471 g/mol. The number of rotatable bonds is 6. The van der Waals surface area contributed by atoms with Crippen LogP contribution in [0.25, 0.3) is 6.08 Å². The van der Waals surface area contributed by atoms with Gasteiger partial charge in [0.15, 0.2) is 0 Å². The number of anilines is 1. The number of hydrogen-bond donors (Lipinski definition) is 3. The second kappa shape index (κ2) is 10.9. The molecule has 2 aromatic carbocycles. The van der Waals surface area contributed by atoms with Gasteiger partial charge in [0.2, 0.25) is 15.9 Å². The molecule has 174 valence electrons. The number of carbonyl (C=O) groups excluding carboxylic acids is 3. The summed E-state index contributed by atoms with van der Waals surface area (Å²) in [6.07, 6.45) is 5.43. The molecule has 0 bridgehead atoms. The lowest BCUT2D eigenvalue weighted by molar-refractivity contribution is -0.117. The molecule has 3 rings (SSSR count). The van der Waals surface area contributed by atoms with Gasteiger partial charge in [-0.1, -0.05) is 24.6 Å². The number of hydrazine groups is 1. The van der Waals surface area contributed by atoms with Crippen LogP contribution in [0, 0.1) is 0 Å². The summed E-state index contributed by atoms with van der Waals surface area (Å²) in [6.45, 7) is 2.35. The van der Waals surface area contributed by atoms with Crippen LogP contribution in [0.4, 0.5) is 5.69 Å². The molecule has 0 aliphatic carbocycles. The Kier molecular flexibility index (Phi) is 7.96. The van der Waals surface area contributed by atoms with Gasteiger partial charge < -0.3 is 5.32 Å². The van der Waals surface area contributed by atoms with Gasteiger partial charge in [0.1, 0.15) is 0 Å². The topological polar surface area (TPSA) is 125 Å². The molecule has 0 saturated carbocycles. The number of benzene rings is 2. The quantitative estimate of drug-likeness (QED) is 0.441. The summed E-state index contributed by atoms with van der Waals surface area (Å²) in [6, 6.07) is 12.6. The highest BCUT2D eigenvalue weighted by atomic mass is 32.2. The van der Waals surface area contributed by atoms with Crippen molar-refractivity contribution < 1.29 is 22.8 Å². The summed E-state index contributed by atoms with van der Waals surface area (Å²) < 4.78 is 27.1. The predicted octanol–water partition coefficient (Wildman–Crippen LogP) is 2.29. The first kappa shape index (κ1) is 24.1. The van der Waals surface area contributed by atoms with Crippen LogP contribution < -0.4 is 16.2 Å². The van der Waals surface area contributed by atoms with Gasteiger partial charge in [-0.3, -0.25) is 25.2 Å². The summed E-state index contributed by atoms with van der Waals surface area (Å²) in [4.78, 5) is 35.5. The van der Waals surface area contributed by atoms with E-state index in [0.717, 1.165) is 24.8 Å². The zero-order valence-corrected chi connectivity index (χ0v) is 19.0. The largest absolute Gasteiger partial charge is 0.326 e. The van der Waals surface area contributed by atoms with Crippen molar-refractivity contribution in [2.45, 2.75) is 31.1 Å². The van der Waals surface area contributed by atoms with Gasteiger partial charge in [0.25, 0.3) is 11.8 Å². The van der Waals surface area contributed by atoms with Gasteiger partial charge in [0, 0.05) is 37.3 Å². The highest BCUT2D eigenvalue weighted by Gasteiger charge is 2.26. The molecule has 0 unspecified atom stereocenters. The minimum absolute atomic E-state index is 0.0472. The molecule has 0 aromatic heterocycles. The molecule has 1 saturated heterocycles. The SMILES string of the molecule is CC(=O)Nc1ccc(/C=C/C(=O)NNC(=O)c2cccc(S(=O)(=O)N3CCCCC3)c2)cc1. The smallest absolute Gasteiger partial charge is 0.269 e. The van der Waals surface area contributed by atoms with Gasteiger partial charge in [-0.25, -0.2) is 8.42 Å². The molecule has 10 heteroatoms. The standard InChI is InChI=1S/C23H26N4O5S/c1-17(28)24-20-11-8-18(9-12-20)10-13-22(29)25-26-23(30)19-6-5-7-21(16-19)33(31,32)27-14-3-2-4-15-27/h5-13,16H,2-4,14-15H2,1H3,(H,24,28)(H,25,29)(H,26,30)/b13-10+. The van der Waals surface area contributed by atoms with Crippen LogP contribution in [0.1, 0.15) is 42.1 Å². The van der Waals surface area contributed by atoms with E-state index < -0.39 is 21.8 Å². The second-order valence-corrected chi connectivity index (χ2v) is 9.51. The van der Waals surface area contributed by atoms with Crippen LogP contribution in [0.2, 0.25) is 0 Å². The third-order valence-electron chi connectivity index (χ3n) is 5.01. The first-order chi connectivity index (χ1) is 15.8. The van der Waals surface area contributed by atoms with Crippen molar-refractivity contribution in [3.05, 3.63) is 65.7 Å². The Morgan fingerprint density at radius 3 is 2.30 bits per heavy atom. The van der Waals surface area contributed by atoms with E-state index >= 15 is 0 Å². The number of nitrogens with one attached hydrogen (secondary N) is 3. The van der Waals surface area contributed by atoms with E-state index in [9.17, 15) is 22.8 Å². The summed E-state index contributed by atoms with van der Waals surface area (Å²) in [5, 5.41) is 2.65. The van der Waals surface area contributed by atoms with Crippen molar-refractivity contribution in [2.24, 2.45) is 0 Å². The third kappa shape index (κ3) is 6.74. The summed E-state index contributed by atoms with van der Waals surface area (Å²) >= 11 is 0. The van der Waals surface area contributed by atoms with Crippen molar-refractivity contribution in [3.63, 3.8) is 0 Å². The molecule has 0 spiro atoms. The molecule has 9 nitrogen and oxygen atoms in total. The Morgan fingerprint density at radius 1 is 0.939 bits per heavy atom. The van der Waals surface area contributed by atoms with Crippen molar-refractivity contribution >= 4 is 39.5 Å². The Hall–Kier alpha value is -3.50. The van der Waals surface area contributed by atoms with Crippen molar-refractivity contribution in [3.8, 4) is 0 Å². The van der Waals surface area contributed by atoms with Crippen LogP contribution in [0.15, 0.2) is 59.5 Å². The lowest BCUT2D eigenvalue weighted by atomic mass is 10.2. The summed E-state index contributed by atoms with van der Waals surface area (Å²) in [5.74, 6) is -1.37. The molecule has 1 aliphatic heterocycles. The highest BCUT2D eigenvalue weighted by molar-refractivity contribution is 7.89. The maximum atomic E-state index is 12.8. The van der Waals surface area contributed by atoms with E-state index in [-0.39, 0.29) is 16.4 Å². The number of amides is 3. The minimum Gasteiger partial charge on any atom is -0.326 e. The van der Waals surface area contributed by atoms with E-state index in [4.69, 9.17) is 0 Å². The molecule has 0 atom stereocenters. The Bertz CT molecular complexity index is 1150. The predicted molar refractivity (Wildman–Crippen MR) is 124 cm³/mol. The Morgan fingerprint density at radius 2 is 1.64 bits per heavy atom. The molecule has 0 radical (unpaired) electrons. The van der Waals surface area contributed by atoms with Crippen LogP contribution in [-0.4, -0.2) is 43.5 Å². The monoisotopic (exact) mass is 470 g/mol. The van der Waals surface area contributed by atoms with Crippen molar-refractivity contribution in [2.75, 3.05) is 18.4 Å². The molecule has 3 N–H and O–H groups in total. The fourth-order valence-corrected chi connectivity index (χ4v) is 4.90. The van der Waals surface area contributed by atoms with E-state index in [1.54, 1.807) is 30.3 Å². The molecule has 33 heavy (non-hydrogen) atoms. The molecule has 3 amide bonds. The maximum Gasteiger partial charge on any atom is 0.269 e. The zero-order chi connectivity index (χ0) is 23.8. The minimum atomic E-state index is -3.67. The van der Waals surface area contributed by atoms with Gasteiger partial charge >= 0.3 is 0 Å². The van der Waals surface area contributed by atoms with E-state index in [1.165, 1.54) is 41.6 Å². The fraction of sp³-hybridized carbons (Fsp3) is 0.261. The zero-order valence-electron chi connectivity index (χ0n) is 18.2. The normalized spacial score (nSPS) is 14.6. The summed E-state index contributed by atoms with van der Waals surface area (Å²) in [5.41, 5.74) is 6.03. The Balaban J connectivity index is 1.57. The third-order valence-corrected chi connectivity index (χ3v) is 6.90. The molecule has 1 heterocycles. The number of carbonyl (C=O) groups is 3. The van der Waals surface area contributed by atoms with Gasteiger partial charge in [-0.2, -0.15) is 4.31 Å². The van der Waals surface area contributed by atoms with E-state index in [1.807, 2.05) is 0 Å². The Labute approximate surface area is 192 Å². The first-order valence-corrected chi connectivity index (χ1v) is 12.0. The van der Waals surface area contributed by atoms with Crippen molar-refractivity contribution in [1.82, 2.24) is 15.2 Å². The molecule has 1 aliphatic rings. The number of piperidine rings is 1. The molecule has 2 aromatic rings. The van der Waals surface area contributed by atoms with Gasteiger partial charge in [0.05, 0.1) is 4.90 Å². The molecular weight excluding hydrogens is 444 g/mol. The van der Waals surface area contributed by atoms with Crippen LogP contribution in [0.5, 0.6) is 0 Å². The molecule has 1 fully saturated rings.